The van der Waals surface area contributed by atoms with Crippen LogP contribution in [0.2, 0.25) is 0 Å². The Kier molecular flexibility index (Phi) is 3.27. The number of rotatable bonds is 3. The Labute approximate surface area is 51.8 Å². The van der Waals surface area contributed by atoms with Gasteiger partial charge in [0, 0.05) is 0 Å². The molecule has 0 radical (unpaired) electrons. The lowest BCUT2D eigenvalue weighted by Gasteiger charge is -1.95. The lowest BCUT2D eigenvalue weighted by Crippen LogP contribution is -2.14. The maximum Gasteiger partial charge on any atom is 0.323 e. The highest BCUT2D eigenvalue weighted by Crippen LogP contribution is 1.90. The van der Waals surface area contributed by atoms with Gasteiger partial charge in [0.1, 0.15) is 12.2 Å². The molecular weight excluding hydrogens is 124 g/mol. The van der Waals surface area contributed by atoms with Crippen molar-refractivity contribution >= 4 is 18.7 Å². The third-order valence-electron chi connectivity index (χ3n) is 0.740. The van der Waals surface area contributed by atoms with Crippen molar-refractivity contribution in [2.75, 3.05) is 0 Å². The zero-order valence-electron chi connectivity index (χ0n) is 4.87. The fourth-order valence-corrected chi connectivity index (χ4v) is 0.210. The fourth-order valence-electron chi connectivity index (χ4n) is 0.210. The van der Waals surface area contributed by atoms with Gasteiger partial charge in [0.05, 0.1) is 0 Å². The van der Waals surface area contributed by atoms with E-state index >= 15 is 0 Å². The van der Waals surface area contributed by atoms with Gasteiger partial charge in [-0.05, 0) is 6.92 Å². The summed E-state index contributed by atoms with van der Waals surface area (Å²) in [6.07, 6.45) is 0.409. The molecule has 0 amide bonds. The maximum atomic E-state index is 10.3. The van der Waals surface area contributed by atoms with E-state index in [-0.39, 0.29) is 6.47 Å². The van der Waals surface area contributed by atoms with Gasteiger partial charge in [-0.15, -0.1) is 0 Å². The van der Waals surface area contributed by atoms with E-state index in [0.717, 1.165) is 0 Å². The third kappa shape index (κ3) is 2.58. The van der Waals surface area contributed by atoms with Crippen LogP contribution in [-0.4, -0.2) is 18.7 Å². The van der Waals surface area contributed by atoms with Crippen LogP contribution in [0.4, 0.5) is 0 Å². The first-order valence-corrected chi connectivity index (χ1v) is 2.31. The molecule has 4 nitrogen and oxygen atoms in total. The van der Waals surface area contributed by atoms with Crippen LogP contribution < -0.4 is 0 Å². The first kappa shape index (κ1) is 7.81. The third-order valence-corrected chi connectivity index (χ3v) is 0.740. The fraction of sp³-hybridized carbons (Fsp3) is 0.400. The first-order valence-electron chi connectivity index (χ1n) is 2.31. The number of carbonyl (C=O) groups is 3. The summed E-state index contributed by atoms with van der Waals surface area (Å²) in [5, 5.41) is 0. The molecule has 0 bridgehead atoms. The molecule has 0 N–H and O–H groups in total. The van der Waals surface area contributed by atoms with Gasteiger partial charge in [-0.1, -0.05) is 0 Å². The van der Waals surface area contributed by atoms with Crippen molar-refractivity contribution in [3.05, 3.63) is 0 Å². The second kappa shape index (κ2) is 3.77. The number of carbonyl (C=O) groups excluding carboxylic acids is 3. The molecule has 0 saturated heterocycles. The van der Waals surface area contributed by atoms with Crippen molar-refractivity contribution in [1.82, 2.24) is 0 Å². The standard InChI is InChI=1S/C5H6O4/c1-4(2-6)5(8)9-3-7/h2-4H,1H3. The van der Waals surface area contributed by atoms with Crippen molar-refractivity contribution in [2.24, 2.45) is 5.92 Å². The van der Waals surface area contributed by atoms with Crippen LogP contribution >= 0.6 is 0 Å². The van der Waals surface area contributed by atoms with Crippen LogP contribution in [0.25, 0.3) is 0 Å². The van der Waals surface area contributed by atoms with Gasteiger partial charge in [0.25, 0.3) is 0 Å². The monoisotopic (exact) mass is 130 g/mol. The Morgan fingerprint density at radius 3 is 2.44 bits per heavy atom. The Bertz CT molecular complexity index is 129. The summed E-state index contributed by atoms with van der Waals surface area (Å²) >= 11 is 0. The van der Waals surface area contributed by atoms with Crippen LogP contribution in [0.15, 0.2) is 0 Å². The summed E-state index contributed by atoms with van der Waals surface area (Å²) in [7, 11) is 0. The molecule has 0 heterocycles. The van der Waals surface area contributed by atoms with Crippen molar-refractivity contribution in [3.8, 4) is 0 Å². The second-order valence-electron chi connectivity index (χ2n) is 1.46. The minimum atomic E-state index is -0.852. The van der Waals surface area contributed by atoms with Gasteiger partial charge in [-0.3, -0.25) is 9.59 Å². The molecule has 4 heteroatoms. The molecule has 0 fully saturated rings. The van der Waals surface area contributed by atoms with Crippen molar-refractivity contribution in [3.63, 3.8) is 0 Å². The van der Waals surface area contributed by atoms with Crippen LogP contribution in [0.1, 0.15) is 6.92 Å². The zero-order valence-corrected chi connectivity index (χ0v) is 4.87. The van der Waals surface area contributed by atoms with E-state index in [2.05, 4.69) is 4.74 Å². The highest BCUT2D eigenvalue weighted by molar-refractivity contribution is 5.90. The summed E-state index contributed by atoms with van der Waals surface area (Å²) < 4.78 is 3.84. The molecule has 0 aliphatic carbocycles. The minimum Gasteiger partial charge on any atom is -0.395 e. The molecule has 0 aromatic heterocycles. The lowest BCUT2D eigenvalue weighted by molar-refractivity contribution is -0.154. The van der Waals surface area contributed by atoms with Crippen LogP contribution in [0, 0.1) is 5.92 Å². The van der Waals surface area contributed by atoms with E-state index in [1.165, 1.54) is 6.92 Å². The van der Waals surface area contributed by atoms with Gasteiger partial charge in [-0.2, -0.15) is 0 Å². The molecule has 9 heavy (non-hydrogen) atoms. The molecular formula is C5H6O4. The molecule has 0 aromatic carbocycles. The number of aldehydes is 1. The minimum absolute atomic E-state index is 0.00231. The van der Waals surface area contributed by atoms with Crippen LogP contribution in [0.3, 0.4) is 0 Å². The quantitative estimate of drug-likeness (QED) is 0.294. The predicted octanol–water partition coefficient (Wildman–Crippen LogP) is -0.479. The normalized spacial score (nSPS) is 11.7. The van der Waals surface area contributed by atoms with Gasteiger partial charge < -0.3 is 9.53 Å². The molecule has 50 valence electrons. The lowest BCUT2D eigenvalue weighted by atomic mass is 10.2. The summed E-state index contributed by atoms with van der Waals surface area (Å²) in [4.78, 5) is 29.6. The van der Waals surface area contributed by atoms with Crippen LogP contribution in [0.5, 0.6) is 0 Å². The van der Waals surface area contributed by atoms with Crippen molar-refractivity contribution < 1.29 is 19.1 Å². The topological polar surface area (TPSA) is 60.4 Å². The van der Waals surface area contributed by atoms with E-state index in [4.69, 9.17) is 0 Å². The van der Waals surface area contributed by atoms with Crippen LogP contribution in [-0.2, 0) is 19.1 Å². The molecule has 0 aromatic rings. The highest BCUT2D eigenvalue weighted by Gasteiger charge is 2.11. The summed E-state index contributed by atoms with van der Waals surface area (Å²) in [6.45, 7) is 1.35. The van der Waals surface area contributed by atoms with E-state index in [9.17, 15) is 14.4 Å². The molecule has 0 rings (SSSR count). The zero-order chi connectivity index (χ0) is 7.28. The molecule has 0 aliphatic rings. The number of hydrogen-bond donors (Lipinski definition) is 0. The van der Waals surface area contributed by atoms with Crippen molar-refractivity contribution in [1.29, 1.82) is 0 Å². The van der Waals surface area contributed by atoms with Gasteiger partial charge in [-0.25, -0.2) is 0 Å². The number of hydrogen-bond acceptors (Lipinski definition) is 4. The summed E-state index contributed by atoms with van der Waals surface area (Å²) in [5.74, 6) is -1.67. The molecule has 0 spiro atoms. The van der Waals surface area contributed by atoms with Gasteiger partial charge >= 0.3 is 12.4 Å². The second-order valence-corrected chi connectivity index (χ2v) is 1.46. The summed E-state index contributed by atoms with van der Waals surface area (Å²) in [5.41, 5.74) is 0. The highest BCUT2D eigenvalue weighted by atomic mass is 16.6. The Morgan fingerprint density at radius 2 is 2.11 bits per heavy atom. The SMILES string of the molecule is CC(C=O)C(=O)OC=O. The Balaban J connectivity index is 3.71. The average molecular weight is 130 g/mol. The van der Waals surface area contributed by atoms with E-state index < -0.39 is 11.9 Å². The summed E-state index contributed by atoms with van der Waals surface area (Å²) in [6, 6.07) is 0. The van der Waals surface area contributed by atoms with E-state index in [1.54, 1.807) is 0 Å². The first-order chi connectivity index (χ1) is 4.22. The largest absolute Gasteiger partial charge is 0.395 e. The molecule has 0 saturated carbocycles. The molecule has 1 unspecified atom stereocenters. The van der Waals surface area contributed by atoms with E-state index in [1.807, 2.05) is 0 Å². The Hall–Kier alpha value is -1.19. The maximum absolute atomic E-state index is 10.3. The smallest absolute Gasteiger partial charge is 0.323 e. The number of ether oxygens (including phenoxy) is 1. The van der Waals surface area contributed by atoms with Gasteiger partial charge in [0.15, 0.2) is 0 Å². The van der Waals surface area contributed by atoms with Crippen molar-refractivity contribution in [2.45, 2.75) is 6.92 Å². The molecule has 0 aliphatic heterocycles. The van der Waals surface area contributed by atoms with E-state index in [0.29, 0.717) is 6.29 Å². The predicted molar refractivity (Wildman–Crippen MR) is 27.4 cm³/mol. The Morgan fingerprint density at radius 1 is 1.56 bits per heavy atom. The molecule has 1 atom stereocenters. The van der Waals surface area contributed by atoms with Gasteiger partial charge in [0.2, 0.25) is 0 Å². The average Bonchev–Trinajstić information content (AvgIpc) is 1.87. The number of esters is 1.